The number of halogens is 2. The lowest BCUT2D eigenvalue weighted by atomic mass is 10.2. The third-order valence-electron chi connectivity index (χ3n) is 2.57. The number of phenols is 1. The first-order chi connectivity index (χ1) is 9.97. The van der Waals surface area contributed by atoms with Gasteiger partial charge in [-0.15, -0.1) is 0 Å². The van der Waals surface area contributed by atoms with E-state index in [0.717, 1.165) is 12.1 Å². The zero-order valence-corrected chi connectivity index (χ0v) is 10.6. The Kier molecular flexibility index (Phi) is 4.13. The fourth-order valence-electron chi connectivity index (χ4n) is 1.57. The first kappa shape index (κ1) is 14.4. The summed E-state index contributed by atoms with van der Waals surface area (Å²) in [5.41, 5.74) is 3.55. The highest BCUT2D eigenvalue weighted by Crippen LogP contribution is 2.11. The van der Waals surface area contributed by atoms with Gasteiger partial charge in [0.2, 0.25) is 0 Å². The molecule has 108 valence electrons. The smallest absolute Gasteiger partial charge is 0.272 e. The van der Waals surface area contributed by atoms with Gasteiger partial charge in [0.1, 0.15) is 17.4 Å². The number of hydrogen-bond acceptors (Lipinski definition) is 3. The second-order valence-corrected chi connectivity index (χ2v) is 4.08. The Morgan fingerprint density at radius 3 is 2.38 bits per heavy atom. The van der Waals surface area contributed by atoms with Crippen LogP contribution < -0.4 is 10.9 Å². The van der Waals surface area contributed by atoms with Crippen molar-refractivity contribution >= 4 is 11.8 Å². The van der Waals surface area contributed by atoms with E-state index in [1.807, 2.05) is 10.9 Å². The highest BCUT2D eigenvalue weighted by Gasteiger charge is 2.14. The summed E-state index contributed by atoms with van der Waals surface area (Å²) in [5.74, 6) is -3.52. The predicted octanol–water partition coefficient (Wildman–Crippen LogP) is 1.75. The summed E-state index contributed by atoms with van der Waals surface area (Å²) < 4.78 is 26.3. The van der Waals surface area contributed by atoms with Gasteiger partial charge in [0.25, 0.3) is 11.8 Å². The molecule has 0 saturated carbocycles. The Labute approximate surface area is 118 Å². The van der Waals surface area contributed by atoms with Crippen molar-refractivity contribution in [2.75, 3.05) is 0 Å². The van der Waals surface area contributed by atoms with E-state index >= 15 is 0 Å². The SMILES string of the molecule is O=C(NNC(=O)c1cc(F)ccc1F)c1cccc(O)c1. The summed E-state index contributed by atoms with van der Waals surface area (Å²) in [6.45, 7) is 0. The van der Waals surface area contributed by atoms with Crippen molar-refractivity contribution in [3.63, 3.8) is 0 Å². The van der Waals surface area contributed by atoms with Crippen LogP contribution in [-0.4, -0.2) is 16.9 Å². The third-order valence-corrected chi connectivity index (χ3v) is 2.57. The minimum absolute atomic E-state index is 0.0926. The average molecular weight is 292 g/mol. The summed E-state index contributed by atoms with van der Waals surface area (Å²) in [6.07, 6.45) is 0. The van der Waals surface area contributed by atoms with Gasteiger partial charge < -0.3 is 5.11 Å². The molecule has 0 radical (unpaired) electrons. The van der Waals surface area contributed by atoms with Crippen LogP contribution in [0.15, 0.2) is 42.5 Å². The second kappa shape index (κ2) is 6.00. The number of hydrazine groups is 1. The maximum absolute atomic E-state index is 13.3. The molecule has 0 heterocycles. The van der Waals surface area contributed by atoms with Crippen LogP contribution in [-0.2, 0) is 0 Å². The quantitative estimate of drug-likeness (QED) is 0.738. The molecule has 2 aromatic carbocycles. The van der Waals surface area contributed by atoms with Gasteiger partial charge in [0, 0.05) is 5.56 Å². The summed E-state index contributed by atoms with van der Waals surface area (Å²) >= 11 is 0. The summed E-state index contributed by atoms with van der Waals surface area (Å²) in [6, 6.07) is 7.80. The van der Waals surface area contributed by atoms with Gasteiger partial charge in [-0.2, -0.15) is 0 Å². The fourth-order valence-corrected chi connectivity index (χ4v) is 1.57. The second-order valence-electron chi connectivity index (χ2n) is 4.08. The van der Waals surface area contributed by atoms with Crippen molar-refractivity contribution in [3.8, 4) is 5.75 Å². The molecule has 0 unspecified atom stereocenters. The minimum Gasteiger partial charge on any atom is -0.508 e. The van der Waals surface area contributed by atoms with Gasteiger partial charge in [-0.3, -0.25) is 20.4 Å². The van der Waals surface area contributed by atoms with Crippen LogP contribution >= 0.6 is 0 Å². The molecule has 0 bridgehead atoms. The van der Waals surface area contributed by atoms with Crippen LogP contribution in [0.2, 0.25) is 0 Å². The van der Waals surface area contributed by atoms with Crippen molar-refractivity contribution in [1.29, 1.82) is 0 Å². The normalized spacial score (nSPS) is 10.0. The maximum atomic E-state index is 13.3. The number of amides is 2. The van der Waals surface area contributed by atoms with E-state index < -0.39 is 29.0 Å². The van der Waals surface area contributed by atoms with E-state index in [-0.39, 0.29) is 11.3 Å². The van der Waals surface area contributed by atoms with E-state index in [0.29, 0.717) is 6.07 Å². The van der Waals surface area contributed by atoms with Crippen molar-refractivity contribution < 1.29 is 23.5 Å². The molecule has 5 nitrogen and oxygen atoms in total. The van der Waals surface area contributed by atoms with Crippen molar-refractivity contribution in [2.45, 2.75) is 0 Å². The highest BCUT2D eigenvalue weighted by molar-refractivity contribution is 5.99. The molecule has 2 amide bonds. The van der Waals surface area contributed by atoms with E-state index in [4.69, 9.17) is 0 Å². The molecule has 0 saturated heterocycles. The van der Waals surface area contributed by atoms with Crippen LogP contribution in [0.1, 0.15) is 20.7 Å². The molecular formula is C14H10F2N2O3. The number of carbonyl (C=O) groups excluding carboxylic acids is 2. The largest absolute Gasteiger partial charge is 0.508 e. The monoisotopic (exact) mass is 292 g/mol. The summed E-state index contributed by atoms with van der Waals surface area (Å²) in [4.78, 5) is 23.3. The molecule has 21 heavy (non-hydrogen) atoms. The zero-order valence-electron chi connectivity index (χ0n) is 10.6. The zero-order chi connectivity index (χ0) is 15.4. The topological polar surface area (TPSA) is 78.4 Å². The van der Waals surface area contributed by atoms with Gasteiger partial charge in [-0.1, -0.05) is 6.07 Å². The van der Waals surface area contributed by atoms with E-state index in [1.165, 1.54) is 24.3 Å². The Bertz CT molecular complexity index is 704. The summed E-state index contributed by atoms with van der Waals surface area (Å²) in [7, 11) is 0. The first-order valence-corrected chi connectivity index (χ1v) is 5.82. The van der Waals surface area contributed by atoms with Crippen LogP contribution in [0.5, 0.6) is 5.75 Å². The van der Waals surface area contributed by atoms with Gasteiger partial charge in [-0.25, -0.2) is 8.78 Å². The number of rotatable bonds is 2. The molecule has 0 aliphatic rings. The molecule has 0 aliphatic heterocycles. The predicted molar refractivity (Wildman–Crippen MR) is 69.4 cm³/mol. The summed E-state index contributed by atoms with van der Waals surface area (Å²) in [5, 5.41) is 9.23. The number of nitrogens with one attached hydrogen (secondary N) is 2. The molecule has 0 aliphatic carbocycles. The Hall–Kier alpha value is -2.96. The van der Waals surface area contributed by atoms with Crippen LogP contribution in [0, 0.1) is 11.6 Å². The van der Waals surface area contributed by atoms with Crippen LogP contribution in [0.4, 0.5) is 8.78 Å². The first-order valence-electron chi connectivity index (χ1n) is 5.82. The molecule has 0 spiro atoms. The van der Waals surface area contributed by atoms with Crippen molar-refractivity contribution in [2.24, 2.45) is 0 Å². The molecule has 7 heteroatoms. The Balaban J connectivity index is 2.04. The third kappa shape index (κ3) is 3.53. The number of benzene rings is 2. The number of carbonyl (C=O) groups is 2. The standard InChI is InChI=1S/C14H10F2N2O3/c15-9-4-5-12(16)11(7-9)14(21)18-17-13(20)8-2-1-3-10(19)6-8/h1-7,19H,(H,17,20)(H,18,21). The van der Waals surface area contributed by atoms with E-state index in [1.54, 1.807) is 0 Å². The van der Waals surface area contributed by atoms with Crippen molar-refractivity contribution in [3.05, 3.63) is 65.2 Å². The number of phenolic OH excluding ortho intramolecular Hbond substituents is 1. The highest BCUT2D eigenvalue weighted by atomic mass is 19.1. The van der Waals surface area contributed by atoms with E-state index in [2.05, 4.69) is 0 Å². The van der Waals surface area contributed by atoms with Gasteiger partial charge in [0.05, 0.1) is 5.56 Å². The lowest BCUT2D eigenvalue weighted by Crippen LogP contribution is -2.42. The van der Waals surface area contributed by atoms with Crippen molar-refractivity contribution in [1.82, 2.24) is 10.9 Å². The van der Waals surface area contributed by atoms with E-state index in [9.17, 15) is 23.5 Å². The lowest BCUT2D eigenvalue weighted by Gasteiger charge is -2.08. The number of hydrogen-bond donors (Lipinski definition) is 3. The van der Waals surface area contributed by atoms with Gasteiger partial charge >= 0.3 is 0 Å². The Morgan fingerprint density at radius 1 is 0.952 bits per heavy atom. The molecule has 2 rings (SSSR count). The molecule has 2 aromatic rings. The molecule has 0 fully saturated rings. The molecule has 0 atom stereocenters. The van der Waals surface area contributed by atoms with Crippen LogP contribution in [0.25, 0.3) is 0 Å². The van der Waals surface area contributed by atoms with Gasteiger partial charge in [0.15, 0.2) is 0 Å². The molecule has 0 aromatic heterocycles. The maximum Gasteiger partial charge on any atom is 0.272 e. The molecular weight excluding hydrogens is 282 g/mol. The number of aromatic hydroxyl groups is 1. The van der Waals surface area contributed by atoms with Gasteiger partial charge in [-0.05, 0) is 36.4 Å². The average Bonchev–Trinajstić information content (AvgIpc) is 2.47. The van der Waals surface area contributed by atoms with Crippen LogP contribution in [0.3, 0.4) is 0 Å². The Morgan fingerprint density at radius 2 is 1.67 bits per heavy atom. The fraction of sp³-hybridized carbons (Fsp3) is 0. The minimum atomic E-state index is -1.000. The molecule has 3 N–H and O–H groups in total. The lowest BCUT2D eigenvalue weighted by molar-refractivity contribution is 0.0844.